The molecule has 1 heterocycles. The summed E-state index contributed by atoms with van der Waals surface area (Å²) in [5.41, 5.74) is 0.625. The molecule has 2 aromatic carbocycles. The molecule has 0 amide bonds. The largest absolute Gasteiger partial charge is 0.443 e. The molecular formula is C17H16FNO2. The lowest BCUT2D eigenvalue weighted by atomic mass is 10.1. The van der Waals surface area contributed by atoms with Gasteiger partial charge >= 0.3 is 6.09 Å². The molecule has 1 aromatic heterocycles. The maximum Gasteiger partial charge on any atom is 0.419 e. The zero-order valence-electron chi connectivity index (χ0n) is 12.2. The van der Waals surface area contributed by atoms with Crippen molar-refractivity contribution >= 4 is 27.9 Å². The third kappa shape index (κ3) is 2.37. The van der Waals surface area contributed by atoms with Crippen LogP contribution in [0.5, 0.6) is 0 Å². The van der Waals surface area contributed by atoms with E-state index < -0.39 is 11.7 Å². The molecule has 0 N–H and O–H groups in total. The first kappa shape index (κ1) is 13.6. The van der Waals surface area contributed by atoms with Crippen LogP contribution in [0.1, 0.15) is 20.8 Å². The summed E-state index contributed by atoms with van der Waals surface area (Å²) in [4.78, 5) is 12.5. The molecule has 0 spiro atoms. The van der Waals surface area contributed by atoms with Gasteiger partial charge < -0.3 is 4.74 Å². The van der Waals surface area contributed by atoms with E-state index in [4.69, 9.17) is 4.74 Å². The van der Waals surface area contributed by atoms with Crippen molar-refractivity contribution in [1.29, 1.82) is 0 Å². The second-order valence-corrected chi connectivity index (χ2v) is 5.99. The summed E-state index contributed by atoms with van der Waals surface area (Å²) in [6.45, 7) is 5.41. The van der Waals surface area contributed by atoms with E-state index >= 15 is 0 Å². The number of carbonyl (C=O) groups is 1. The van der Waals surface area contributed by atoms with Crippen molar-refractivity contribution in [2.75, 3.05) is 0 Å². The van der Waals surface area contributed by atoms with E-state index in [1.54, 1.807) is 26.8 Å². The van der Waals surface area contributed by atoms with Crippen LogP contribution in [0.3, 0.4) is 0 Å². The summed E-state index contributed by atoms with van der Waals surface area (Å²) < 4.78 is 20.5. The number of ether oxygens (including phenoxy) is 1. The molecule has 0 aliphatic heterocycles. The Hall–Kier alpha value is -2.36. The number of rotatable bonds is 0. The highest BCUT2D eigenvalue weighted by atomic mass is 19.1. The van der Waals surface area contributed by atoms with Crippen LogP contribution in [0.4, 0.5) is 9.18 Å². The van der Waals surface area contributed by atoms with E-state index in [2.05, 4.69) is 0 Å². The second-order valence-electron chi connectivity index (χ2n) is 5.99. The van der Waals surface area contributed by atoms with E-state index in [0.29, 0.717) is 11.0 Å². The number of halogens is 1. The molecule has 0 bridgehead atoms. The third-order valence-corrected chi connectivity index (χ3v) is 3.21. The number of fused-ring (bicyclic) bond motifs is 3. The zero-order valence-corrected chi connectivity index (χ0v) is 12.2. The fourth-order valence-electron chi connectivity index (χ4n) is 2.45. The van der Waals surface area contributed by atoms with Crippen LogP contribution in [0.25, 0.3) is 21.8 Å². The van der Waals surface area contributed by atoms with Gasteiger partial charge in [-0.25, -0.2) is 13.8 Å². The lowest BCUT2D eigenvalue weighted by Crippen LogP contribution is -2.27. The predicted molar refractivity (Wildman–Crippen MR) is 81.0 cm³/mol. The molecule has 108 valence electrons. The van der Waals surface area contributed by atoms with Crippen LogP contribution < -0.4 is 0 Å². The average Bonchev–Trinajstić information content (AvgIpc) is 2.70. The normalized spacial score (nSPS) is 12.0. The number of nitrogens with zero attached hydrogens (tertiary/aromatic N) is 1. The fourth-order valence-corrected chi connectivity index (χ4v) is 2.45. The highest BCUT2D eigenvalue weighted by Gasteiger charge is 2.22. The Morgan fingerprint density at radius 3 is 2.43 bits per heavy atom. The topological polar surface area (TPSA) is 31.2 Å². The molecule has 4 heteroatoms. The average molecular weight is 285 g/mol. The van der Waals surface area contributed by atoms with Gasteiger partial charge in [0.05, 0.1) is 11.0 Å². The second kappa shape index (κ2) is 4.58. The van der Waals surface area contributed by atoms with E-state index in [1.807, 2.05) is 24.3 Å². The minimum absolute atomic E-state index is 0.380. The van der Waals surface area contributed by atoms with Crippen LogP contribution in [0.2, 0.25) is 0 Å². The number of hydrogen-bond donors (Lipinski definition) is 0. The standard InChI is InChI=1S/C17H16FNO2/c1-17(2,3)21-16(20)19-14-7-5-4-6-12(14)13-9-8-11(18)10-15(13)19/h4-10H,1-3H3. The predicted octanol–water partition coefficient (Wildman–Crippen LogP) is 4.72. The van der Waals surface area contributed by atoms with Crippen LogP contribution in [0, 0.1) is 5.82 Å². The summed E-state index contributed by atoms with van der Waals surface area (Å²) >= 11 is 0. The van der Waals surface area contributed by atoms with Gasteiger partial charge in [0.25, 0.3) is 0 Å². The lowest BCUT2D eigenvalue weighted by Gasteiger charge is -2.20. The molecule has 0 fully saturated rings. The smallest absolute Gasteiger partial charge is 0.419 e. The Kier molecular flexibility index (Phi) is 2.97. The van der Waals surface area contributed by atoms with E-state index in [1.165, 1.54) is 16.7 Å². The first-order valence-corrected chi connectivity index (χ1v) is 6.79. The summed E-state index contributed by atoms with van der Waals surface area (Å²) in [5.74, 6) is -0.380. The summed E-state index contributed by atoms with van der Waals surface area (Å²) in [6.07, 6.45) is -0.501. The Bertz CT molecular complexity index is 843. The van der Waals surface area contributed by atoms with Crippen LogP contribution >= 0.6 is 0 Å². The number of para-hydroxylation sites is 1. The van der Waals surface area contributed by atoms with Gasteiger partial charge in [-0.05, 0) is 45.0 Å². The SMILES string of the molecule is CC(C)(C)OC(=O)n1c2ccccc2c2ccc(F)cc21. The van der Waals surface area contributed by atoms with Crippen molar-refractivity contribution in [3.05, 3.63) is 48.3 Å². The summed E-state index contributed by atoms with van der Waals surface area (Å²) in [6, 6.07) is 11.9. The first-order valence-electron chi connectivity index (χ1n) is 6.79. The molecule has 0 unspecified atom stereocenters. The minimum atomic E-state index is -0.609. The lowest BCUT2D eigenvalue weighted by molar-refractivity contribution is 0.0551. The zero-order chi connectivity index (χ0) is 15.2. The Morgan fingerprint density at radius 2 is 1.71 bits per heavy atom. The van der Waals surface area contributed by atoms with Gasteiger partial charge in [0.1, 0.15) is 11.4 Å². The molecule has 3 nitrogen and oxygen atoms in total. The van der Waals surface area contributed by atoms with Crippen molar-refractivity contribution in [3.63, 3.8) is 0 Å². The van der Waals surface area contributed by atoms with Gasteiger partial charge in [0.2, 0.25) is 0 Å². The van der Waals surface area contributed by atoms with Gasteiger partial charge in [-0.2, -0.15) is 0 Å². The molecule has 3 rings (SSSR count). The quantitative estimate of drug-likeness (QED) is 0.598. The van der Waals surface area contributed by atoms with Crippen molar-refractivity contribution < 1.29 is 13.9 Å². The van der Waals surface area contributed by atoms with Crippen molar-refractivity contribution in [2.24, 2.45) is 0 Å². The van der Waals surface area contributed by atoms with Crippen molar-refractivity contribution in [3.8, 4) is 0 Å². The van der Waals surface area contributed by atoms with Crippen molar-refractivity contribution in [1.82, 2.24) is 4.57 Å². The molecule has 0 saturated heterocycles. The maximum atomic E-state index is 13.6. The number of carbonyl (C=O) groups excluding carboxylic acids is 1. The molecule has 21 heavy (non-hydrogen) atoms. The number of benzene rings is 2. The Morgan fingerprint density at radius 1 is 1.05 bits per heavy atom. The van der Waals surface area contributed by atoms with E-state index in [-0.39, 0.29) is 5.82 Å². The van der Waals surface area contributed by atoms with Gasteiger partial charge in [-0.1, -0.05) is 18.2 Å². The van der Waals surface area contributed by atoms with Gasteiger partial charge in [-0.3, -0.25) is 0 Å². The molecule has 3 aromatic rings. The maximum absolute atomic E-state index is 13.6. The summed E-state index contributed by atoms with van der Waals surface area (Å²) in [5, 5.41) is 1.73. The molecule has 0 atom stereocenters. The van der Waals surface area contributed by atoms with Crippen LogP contribution in [0.15, 0.2) is 42.5 Å². The Balaban J connectivity index is 2.32. The third-order valence-electron chi connectivity index (χ3n) is 3.21. The molecule has 0 saturated carbocycles. The highest BCUT2D eigenvalue weighted by Crippen LogP contribution is 2.30. The van der Waals surface area contributed by atoms with Crippen molar-refractivity contribution in [2.45, 2.75) is 26.4 Å². The monoisotopic (exact) mass is 285 g/mol. The van der Waals surface area contributed by atoms with E-state index in [9.17, 15) is 9.18 Å². The number of hydrogen-bond acceptors (Lipinski definition) is 2. The molecule has 0 aliphatic rings. The highest BCUT2D eigenvalue weighted by molar-refractivity contribution is 6.12. The molecule has 0 radical (unpaired) electrons. The summed E-state index contributed by atoms with van der Waals surface area (Å²) in [7, 11) is 0. The number of aromatic nitrogens is 1. The first-order chi connectivity index (χ1) is 9.87. The van der Waals surface area contributed by atoms with Gasteiger partial charge in [0.15, 0.2) is 0 Å². The van der Waals surface area contributed by atoms with Gasteiger partial charge in [-0.15, -0.1) is 0 Å². The van der Waals surface area contributed by atoms with Crippen LogP contribution in [-0.2, 0) is 4.74 Å². The van der Waals surface area contributed by atoms with Gasteiger partial charge in [0, 0.05) is 10.8 Å². The van der Waals surface area contributed by atoms with Crippen LogP contribution in [-0.4, -0.2) is 16.3 Å². The molecular weight excluding hydrogens is 269 g/mol. The minimum Gasteiger partial charge on any atom is -0.443 e. The van der Waals surface area contributed by atoms with E-state index in [0.717, 1.165) is 10.8 Å². The molecule has 0 aliphatic carbocycles. The fraction of sp³-hybridized carbons (Fsp3) is 0.235. The Labute approximate surface area is 121 Å².